The van der Waals surface area contributed by atoms with Crippen molar-refractivity contribution in [1.29, 1.82) is 0 Å². The normalized spacial score (nSPS) is 30.7. The molecule has 0 amide bonds. The molecule has 2 saturated carbocycles. The van der Waals surface area contributed by atoms with Crippen LogP contribution in [0, 0.1) is 17.8 Å². The second-order valence-electron chi connectivity index (χ2n) is 6.20. The van der Waals surface area contributed by atoms with Crippen molar-refractivity contribution in [3.8, 4) is 0 Å². The molecule has 4 unspecified atom stereocenters. The Kier molecular flexibility index (Phi) is 4.40. The topological polar surface area (TPSA) is 26.0 Å². The molecule has 2 aliphatic carbocycles. The molecule has 0 aliphatic heterocycles. The van der Waals surface area contributed by atoms with Gasteiger partial charge in [0.15, 0.2) is 0 Å². The number of hydrogen-bond donors (Lipinski definition) is 1. The average molecular weight is 296 g/mol. The smallest absolute Gasteiger partial charge is 0.0406 e. The van der Waals surface area contributed by atoms with E-state index < -0.39 is 0 Å². The minimum absolute atomic E-state index is 0.338. The van der Waals surface area contributed by atoms with Gasteiger partial charge in [0.2, 0.25) is 0 Å². The third kappa shape index (κ3) is 3.48. The van der Waals surface area contributed by atoms with Gasteiger partial charge >= 0.3 is 0 Å². The van der Waals surface area contributed by atoms with Crippen LogP contribution in [0.3, 0.4) is 0 Å². The minimum Gasteiger partial charge on any atom is -0.327 e. The fourth-order valence-corrected chi connectivity index (χ4v) is 4.85. The van der Waals surface area contributed by atoms with E-state index >= 15 is 0 Å². The Hall–Kier alpha value is -0.180. The highest BCUT2D eigenvalue weighted by Gasteiger charge is 2.39. The predicted molar refractivity (Wildman–Crippen MR) is 83.7 cm³/mol. The van der Waals surface area contributed by atoms with Gasteiger partial charge in [-0.1, -0.05) is 18.0 Å². The van der Waals surface area contributed by atoms with Crippen molar-refractivity contribution in [1.82, 2.24) is 0 Å². The summed E-state index contributed by atoms with van der Waals surface area (Å²) < 4.78 is 0. The Morgan fingerprint density at radius 1 is 1.21 bits per heavy atom. The van der Waals surface area contributed by atoms with E-state index in [4.69, 9.17) is 17.3 Å². The zero-order valence-corrected chi connectivity index (χ0v) is 12.8. The summed E-state index contributed by atoms with van der Waals surface area (Å²) in [5.41, 5.74) is 6.32. The second-order valence-corrected chi connectivity index (χ2v) is 7.73. The molecule has 1 aromatic carbocycles. The summed E-state index contributed by atoms with van der Waals surface area (Å²) >= 11 is 7.75. The highest BCUT2D eigenvalue weighted by Crippen LogP contribution is 2.49. The second kappa shape index (κ2) is 6.07. The fourth-order valence-electron chi connectivity index (χ4n) is 3.86. The summed E-state index contributed by atoms with van der Waals surface area (Å²) in [5, 5.41) is 0.802. The van der Waals surface area contributed by atoms with Crippen LogP contribution in [0.1, 0.15) is 32.1 Å². The molecule has 104 valence electrons. The number of hydrogen-bond acceptors (Lipinski definition) is 2. The monoisotopic (exact) mass is 295 g/mol. The molecule has 4 atom stereocenters. The van der Waals surface area contributed by atoms with E-state index in [0.717, 1.165) is 28.5 Å². The van der Waals surface area contributed by atoms with Gasteiger partial charge in [-0.3, -0.25) is 0 Å². The van der Waals surface area contributed by atoms with Crippen LogP contribution in [0.25, 0.3) is 0 Å². The van der Waals surface area contributed by atoms with E-state index in [9.17, 15) is 0 Å². The van der Waals surface area contributed by atoms with Crippen LogP contribution < -0.4 is 5.73 Å². The maximum atomic E-state index is 6.32. The van der Waals surface area contributed by atoms with Crippen LogP contribution in [-0.2, 0) is 0 Å². The van der Waals surface area contributed by atoms with Crippen molar-refractivity contribution in [3.63, 3.8) is 0 Å². The number of thioether (sulfide) groups is 1. The number of fused-ring (bicyclic) bond motifs is 2. The average Bonchev–Trinajstić information content (AvgIpc) is 3.00. The quantitative estimate of drug-likeness (QED) is 0.804. The lowest BCUT2D eigenvalue weighted by atomic mass is 9.85. The van der Waals surface area contributed by atoms with Crippen LogP contribution in [0.2, 0.25) is 5.02 Å². The molecule has 0 aromatic heterocycles. The van der Waals surface area contributed by atoms with Crippen LogP contribution in [0.5, 0.6) is 0 Å². The van der Waals surface area contributed by atoms with Crippen molar-refractivity contribution < 1.29 is 0 Å². The van der Waals surface area contributed by atoms with Crippen molar-refractivity contribution in [2.24, 2.45) is 23.5 Å². The first-order valence-corrected chi connectivity index (χ1v) is 8.71. The van der Waals surface area contributed by atoms with E-state index in [-0.39, 0.29) is 0 Å². The summed E-state index contributed by atoms with van der Waals surface area (Å²) in [6, 6.07) is 8.40. The molecule has 1 nitrogen and oxygen atoms in total. The zero-order valence-electron chi connectivity index (χ0n) is 11.2. The molecule has 2 bridgehead atoms. The largest absolute Gasteiger partial charge is 0.327 e. The minimum atomic E-state index is 0.338. The Labute approximate surface area is 125 Å². The Balaban J connectivity index is 1.44. The predicted octanol–water partition coefficient (Wildman–Crippen LogP) is 4.59. The first-order valence-electron chi connectivity index (χ1n) is 7.34. The van der Waals surface area contributed by atoms with E-state index in [2.05, 4.69) is 12.1 Å². The molecule has 3 heteroatoms. The van der Waals surface area contributed by atoms with Crippen LogP contribution in [-0.4, -0.2) is 11.8 Å². The van der Waals surface area contributed by atoms with Gasteiger partial charge in [0.25, 0.3) is 0 Å². The van der Waals surface area contributed by atoms with Crippen molar-refractivity contribution in [3.05, 3.63) is 29.3 Å². The molecule has 2 fully saturated rings. The van der Waals surface area contributed by atoms with Crippen molar-refractivity contribution in [2.45, 2.75) is 43.0 Å². The molecule has 0 radical (unpaired) electrons. The standard InChI is InChI=1S/C16H22ClNS/c17-14-3-5-16(6-4-14)19-10-15(18)9-13-8-11-1-2-12(13)7-11/h3-6,11-13,15H,1-2,7-10,18H2. The number of rotatable bonds is 5. The molecule has 2 aliphatic rings. The number of benzene rings is 1. The summed E-state index contributed by atoms with van der Waals surface area (Å²) in [6.45, 7) is 0. The van der Waals surface area contributed by atoms with Gasteiger partial charge in [-0.15, -0.1) is 11.8 Å². The van der Waals surface area contributed by atoms with Crippen LogP contribution in [0.4, 0.5) is 0 Å². The lowest BCUT2D eigenvalue weighted by molar-refractivity contribution is 0.301. The van der Waals surface area contributed by atoms with E-state index in [1.54, 1.807) is 0 Å². The molecule has 0 saturated heterocycles. The highest BCUT2D eigenvalue weighted by atomic mass is 35.5. The summed E-state index contributed by atoms with van der Waals surface area (Å²) in [7, 11) is 0. The molecule has 1 aromatic rings. The van der Waals surface area contributed by atoms with Crippen molar-refractivity contribution >= 4 is 23.4 Å². The Bertz CT molecular complexity index is 419. The fraction of sp³-hybridized carbons (Fsp3) is 0.625. The summed E-state index contributed by atoms with van der Waals surface area (Å²) in [6.07, 6.45) is 7.11. The van der Waals surface area contributed by atoms with Gasteiger partial charge in [0.1, 0.15) is 0 Å². The van der Waals surface area contributed by atoms with Crippen LogP contribution >= 0.6 is 23.4 Å². The molecular weight excluding hydrogens is 274 g/mol. The van der Waals surface area contributed by atoms with E-state index in [1.165, 1.54) is 37.0 Å². The zero-order chi connectivity index (χ0) is 13.2. The third-order valence-corrected chi connectivity index (χ3v) is 6.22. The SMILES string of the molecule is NC(CSc1ccc(Cl)cc1)CC1CC2CCC1C2. The third-order valence-electron chi connectivity index (χ3n) is 4.77. The first kappa shape index (κ1) is 13.8. The molecular formula is C16H22ClNS. The number of halogens is 1. The van der Waals surface area contributed by atoms with E-state index in [1.807, 2.05) is 23.9 Å². The summed E-state index contributed by atoms with van der Waals surface area (Å²) in [4.78, 5) is 1.27. The summed E-state index contributed by atoms with van der Waals surface area (Å²) in [5.74, 6) is 3.97. The maximum Gasteiger partial charge on any atom is 0.0406 e. The number of nitrogens with two attached hydrogens (primary N) is 1. The van der Waals surface area contributed by atoms with Gasteiger partial charge in [-0.25, -0.2) is 0 Å². The van der Waals surface area contributed by atoms with Crippen LogP contribution in [0.15, 0.2) is 29.2 Å². The van der Waals surface area contributed by atoms with Gasteiger partial charge in [0, 0.05) is 21.7 Å². The lowest BCUT2D eigenvalue weighted by Gasteiger charge is -2.24. The lowest BCUT2D eigenvalue weighted by Crippen LogP contribution is -2.28. The maximum absolute atomic E-state index is 6.32. The van der Waals surface area contributed by atoms with Gasteiger partial charge in [-0.05, 0) is 67.7 Å². The first-order chi connectivity index (χ1) is 9.20. The highest BCUT2D eigenvalue weighted by molar-refractivity contribution is 7.99. The molecule has 2 N–H and O–H groups in total. The van der Waals surface area contributed by atoms with Gasteiger partial charge in [0.05, 0.1) is 0 Å². The van der Waals surface area contributed by atoms with Gasteiger partial charge in [-0.2, -0.15) is 0 Å². The van der Waals surface area contributed by atoms with Crippen molar-refractivity contribution in [2.75, 3.05) is 5.75 Å². The Morgan fingerprint density at radius 2 is 2.00 bits per heavy atom. The molecule has 0 spiro atoms. The van der Waals surface area contributed by atoms with Gasteiger partial charge < -0.3 is 5.73 Å². The Morgan fingerprint density at radius 3 is 2.63 bits per heavy atom. The molecule has 3 rings (SSSR count). The molecule has 0 heterocycles. The molecule has 19 heavy (non-hydrogen) atoms. The van der Waals surface area contributed by atoms with E-state index in [0.29, 0.717) is 6.04 Å².